The van der Waals surface area contributed by atoms with E-state index in [4.69, 9.17) is 5.11 Å². The zero-order valence-corrected chi connectivity index (χ0v) is 16.7. The maximum Gasteiger partial charge on any atom is 0.337 e. The van der Waals surface area contributed by atoms with E-state index in [2.05, 4.69) is 0 Å². The van der Waals surface area contributed by atoms with Crippen LogP contribution in [-0.4, -0.2) is 30.0 Å². The van der Waals surface area contributed by atoms with Crippen LogP contribution in [0.15, 0.2) is 65.7 Å². The Morgan fingerprint density at radius 3 is 2.31 bits per heavy atom. The Morgan fingerprint density at radius 2 is 1.72 bits per heavy atom. The van der Waals surface area contributed by atoms with Gasteiger partial charge in [-0.2, -0.15) is 0 Å². The van der Waals surface area contributed by atoms with E-state index in [0.29, 0.717) is 17.7 Å². The molecule has 8 heteroatoms. The summed E-state index contributed by atoms with van der Waals surface area (Å²) < 4.78 is 28.7. The van der Waals surface area contributed by atoms with Gasteiger partial charge in [-0.05, 0) is 30.2 Å². The van der Waals surface area contributed by atoms with E-state index in [0.717, 1.165) is 18.2 Å². The molecule has 1 aromatic heterocycles. The van der Waals surface area contributed by atoms with Crippen LogP contribution in [0.2, 0.25) is 0 Å². The average Bonchev–Trinajstić information content (AvgIpc) is 3.02. The lowest BCUT2D eigenvalue weighted by molar-refractivity contribution is -0.117. The molecule has 2 N–H and O–H groups in total. The van der Waals surface area contributed by atoms with Crippen LogP contribution in [0.1, 0.15) is 28.5 Å². The van der Waals surface area contributed by atoms with Crippen molar-refractivity contribution < 1.29 is 23.1 Å². The molecule has 0 fully saturated rings. The molecule has 0 aliphatic heterocycles. The zero-order chi connectivity index (χ0) is 21.2. The fourth-order valence-electron chi connectivity index (χ4n) is 3.07. The predicted molar refractivity (Wildman–Crippen MR) is 108 cm³/mol. The van der Waals surface area contributed by atoms with E-state index in [-0.39, 0.29) is 10.5 Å². The number of amides is 1. The topological polar surface area (TPSA) is 105 Å². The molecule has 2 aromatic carbocycles. The predicted octanol–water partition coefficient (Wildman–Crippen LogP) is 3.03. The summed E-state index contributed by atoms with van der Waals surface area (Å²) in [6.07, 6.45) is 1.58. The first-order chi connectivity index (χ1) is 13.7. The van der Waals surface area contributed by atoms with Crippen LogP contribution < -0.4 is 4.72 Å². The number of hydrogen-bond acceptors (Lipinski definition) is 4. The monoisotopic (exact) mass is 412 g/mol. The minimum absolute atomic E-state index is 0.0234. The Hall–Kier alpha value is -3.39. The van der Waals surface area contributed by atoms with Crippen molar-refractivity contribution in [1.82, 2.24) is 9.29 Å². The van der Waals surface area contributed by atoms with Crippen molar-refractivity contribution in [1.29, 1.82) is 0 Å². The van der Waals surface area contributed by atoms with Gasteiger partial charge in [-0.3, -0.25) is 4.79 Å². The number of nitrogens with zero attached hydrogens (tertiary/aromatic N) is 1. The molecule has 0 radical (unpaired) electrons. The molecule has 0 bridgehead atoms. The normalized spacial score (nSPS) is 11.2. The number of aromatic carboxylic acids is 1. The van der Waals surface area contributed by atoms with Gasteiger partial charge >= 0.3 is 5.97 Å². The van der Waals surface area contributed by atoms with Crippen LogP contribution in [-0.2, 0) is 21.4 Å². The van der Waals surface area contributed by atoms with E-state index in [1.165, 1.54) is 6.07 Å². The molecule has 0 atom stereocenters. The van der Waals surface area contributed by atoms with Crippen molar-refractivity contribution in [3.05, 3.63) is 77.6 Å². The van der Waals surface area contributed by atoms with E-state index in [1.807, 2.05) is 28.3 Å². The largest absolute Gasteiger partial charge is 0.478 e. The van der Waals surface area contributed by atoms with Gasteiger partial charge in [0.1, 0.15) is 0 Å². The van der Waals surface area contributed by atoms with Crippen LogP contribution >= 0.6 is 0 Å². The van der Waals surface area contributed by atoms with E-state index in [1.54, 1.807) is 42.6 Å². The molecular weight excluding hydrogens is 392 g/mol. The number of aromatic nitrogens is 1. The second-order valence-corrected chi connectivity index (χ2v) is 8.31. The number of sulfonamides is 1. The molecule has 0 unspecified atom stereocenters. The average molecular weight is 412 g/mol. The van der Waals surface area contributed by atoms with Gasteiger partial charge in [-0.1, -0.05) is 42.5 Å². The number of benzene rings is 2. The van der Waals surface area contributed by atoms with Crippen LogP contribution in [0.25, 0.3) is 11.1 Å². The van der Waals surface area contributed by atoms with Gasteiger partial charge in [0.15, 0.2) is 0 Å². The summed E-state index contributed by atoms with van der Waals surface area (Å²) in [4.78, 5) is 22.4. The zero-order valence-electron chi connectivity index (χ0n) is 15.9. The van der Waals surface area contributed by atoms with E-state index >= 15 is 0 Å². The number of nitrogens with one attached hydrogen (secondary N) is 1. The van der Waals surface area contributed by atoms with Crippen LogP contribution in [0, 0.1) is 6.92 Å². The first-order valence-electron chi connectivity index (χ1n) is 8.79. The second-order valence-electron chi connectivity index (χ2n) is 6.66. The van der Waals surface area contributed by atoms with Crippen molar-refractivity contribution in [3.8, 4) is 11.1 Å². The first-order valence-corrected chi connectivity index (χ1v) is 10.3. The summed E-state index contributed by atoms with van der Waals surface area (Å²) in [6, 6.07) is 15.4. The third-order valence-electron chi connectivity index (χ3n) is 4.43. The maximum absolute atomic E-state index is 12.5. The number of rotatable bonds is 6. The van der Waals surface area contributed by atoms with Crippen molar-refractivity contribution in [2.24, 2.45) is 0 Å². The summed E-state index contributed by atoms with van der Waals surface area (Å²) in [5, 5.41) is 9.11. The lowest BCUT2D eigenvalue weighted by atomic mass is 10.0. The van der Waals surface area contributed by atoms with Gasteiger partial charge in [-0.25, -0.2) is 17.9 Å². The molecule has 0 saturated carbocycles. The van der Waals surface area contributed by atoms with Crippen molar-refractivity contribution >= 4 is 21.9 Å². The Labute approximate surface area is 168 Å². The molecule has 0 saturated heterocycles. The molecule has 0 spiro atoms. The quantitative estimate of drug-likeness (QED) is 0.647. The van der Waals surface area contributed by atoms with Gasteiger partial charge in [0.2, 0.25) is 5.91 Å². The van der Waals surface area contributed by atoms with Gasteiger partial charge in [0.05, 0.1) is 10.5 Å². The fourth-order valence-corrected chi connectivity index (χ4v) is 4.29. The molecule has 0 aliphatic carbocycles. The van der Waals surface area contributed by atoms with Crippen molar-refractivity contribution in [2.75, 3.05) is 0 Å². The number of hydrogen-bond donors (Lipinski definition) is 2. The number of carbonyl (C=O) groups excluding carboxylic acids is 1. The summed E-state index contributed by atoms with van der Waals surface area (Å²) in [6.45, 7) is 3.48. The smallest absolute Gasteiger partial charge is 0.337 e. The summed E-state index contributed by atoms with van der Waals surface area (Å²) in [5.74, 6) is -1.63. The number of aryl methyl sites for hydroxylation is 1. The van der Waals surface area contributed by atoms with Crippen molar-refractivity contribution in [3.63, 3.8) is 0 Å². The lowest BCUT2D eigenvalue weighted by Gasteiger charge is -2.12. The van der Waals surface area contributed by atoms with Crippen LogP contribution in [0.5, 0.6) is 0 Å². The van der Waals surface area contributed by atoms with E-state index in [9.17, 15) is 18.0 Å². The number of carboxylic acid groups (broad SMARTS) is 1. The third kappa shape index (κ3) is 4.55. The highest BCUT2D eigenvalue weighted by atomic mass is 32.2. The Morgan fingerprint density at radius 1 is 1.07 bits per heavy atom. The van der Waals surface area contributed by atoms with Gasteiger partial charge < -0.3 is 9.67 Å². The van der Waals surface area contributed by atoms with Gasteiger partial charge in [0, 0.05) is 30.9 Å². The molecule has 7 nitrogen and oxygen atoms in total. The minimum atomic E-state index is -3.97. The molecular formula is C21H20N2O5S. The van der Waals surface area contributed by atoms with E-state index < -0.39 is 21.9 Å². The summed E-state index contributed by atoms with van der Waals surface area (Å²) in [5.41, 5.74) is 3.17. The molecule has 0 aliphatic rings. The van der Waals surface area contributed by atoms with Crippen LogP contribution in [0.4, 0.5) is 0 Å². The molecule has 3 rings (SSSR count). The lowest BCUT2D eigenvalue weighted by Crippen LogP contribution is -2.28. The molecule has 150 valence electrons. The highest BCUT2D eigenvalue weighted by molar-refractivity contribution is 7.90. The molecule has 29 heavy (non-hydrogen) atoms. The first kappa shape index (κ1) is 20.3. The Balaban J connectivity index is 1.90. The number of carbonyl (C=O) groups is 2. The Kier molecular flexibility index (Phi) is 5.56. The summed E-state index contributed by atoms with van der Waals surface area (Å²) in [7, 11) is -3.97. The Bertz CT molecular complexity index is 1180. The van der Waals surface area contributed by atoms with Gasteiger partial charge in [0.25, 0.3) is 10.0 Å². The minimum Gasteiger partial charge on any atom is -0.478 e. The van der Waals surface area contributed by atoms with Gasteiger partial charge in [-0.15, -0.1) is 0 Å². The van der Waals surface area contributed by atoms with Crippen molar-refractivity contribution in [2.45, 2.75) is 25.3 Å². The molecule has 1 heterocycles. The second kappa shape index (κ2) is 7.92. The summed E-state index contributed by atoms with van der Waals surface area (Å²) >= 11 is 0. The molecule has 3 aromatic rings. The standard InChI is InChI=1S/C21H20N2O5S/c1-14-11-18(21(25)26)13-23(14)12-16-7-9-17(10-8-16)19-5-3-4-6-20(19)29(27,28)22-15(2)24/h3-11,13H,12H2,1-2H3,(H,22,24)(H,25,26). The maximum atomic E-state index is 12.5. The van der Waals surface area contributed by atoms with Crippen LogP contribution in [0.3, 0.4) is 0 Å². The molecule has 1 amide bonds. The third-order valence-corrected chi connectivity index (χ3v) is 5.92. The number of carboxylic acids is 1. The highest BCUT2D eigenvalue weighted by Crippen LogP contribution is 2.27. The highest BCUT2D eigenvalue weighted by Gasteiger charge is 2.20. The SMILES string of the molecule is CC(=O)NS(=O)(=O)c1ccccc1-c1ccc(Cn2cc(C(=O)O)cc2C)cc1. The fraction of sp³-hybridized carbons (Fsp3) is 0.143.